The summed E-state index contributed by atoms with van der Waals surface area (Å²) in [5, 5.41) is 8.08. The van der Waals surface area contributed by atoms with E-state index in [2.05, 4.69) is 20.3 Å². The first kappa shape index (κ1) is 22.4. The Balaban J connectivity index is 1.87. The average molecular weight is 400 g/mol. The lowest BCUT2D eigenvalue weighted by molar-refractivity contribution is -0.108. The predicted molar refractivity (Wildman–Crippen MR) is 111 cm³/mol. The number of nitrogens with zero attached hydrogens (tertiary/aromatic N) is 4. The molecule has 0 amide bonds. The van der Waals surface area contributed by atoms with E-state index < -0.39 is 6.29 Å². The molecule has 0 fully saturated rings. The van der Waals surface area contributed by atoms with E-state index in [-0.39, 0.29) is 0 Å². The van der Waals surface area contributed by atoms with Gasteiger partial charge in [0.15, 0.2) is 0 Å². The Kier molecular flexibility index (Phi) is 9.20. The van der Waals surface area contributed by atoms with Crippen LogP contribution in [-0.2, 0) is 25.6 Å². The van der Waals surface area contributed by atoms with Crippen LogP contribution < -0.4 is 0 Å². The van der Waals surface area contributed by atoms with Gasteiger partial charge in [0, 0.05) is 19.9 Å². The van der Waals surface area contributed by atoms with Crippen molar-refractivity contribution in [1.29, 1.82) is 0 Å². The maximum Gasteiger partial charge on any atom is 0.200 e. The summed E-state index contributed by atoms with van der Waals surface area (Å²) >= 11 is 0. The minimum absolute atomic E-state index is 0.479. The molecule has 0 bridgehead atoms. The van der Waals surface area contributed by atoms with E-state index in [1.54, 1.807) is 14.2 Å². The third kappa shape index (κ3) is 6.92. The van der Waals surface area contributed by atoms with Crippen molar-refractivity contribution >= 4 is 11.4 Å². The Morgan fingerprint density at radius 2 is 1.55 bits per heavy atom. The summed E-state index contributed by atoms with van der Waals surface area (Å²) in [7, 11) is 4.66. The third-order valence-electron chi connectivity index (χ3n) is 4.09. The van der Waals surface area contributed by atoms with Gasteiger partial charge in [-0.3, -0.25) is 4.98 Å². The van der Waals surface area contributed by atoms with Crippen LogP contribution in [-0.4, -0.2) is 49.3 Å². The molecular weight excluding hydrogens is 372 g/mol. The number of ether oxygens (including phenoxy) is 2. The number of pyridine rings is 2. The third-order valence-corrected chi connectivity index (χ3v) is 4.09. The van der Waals surface area contributed by atoms with Gasteiger partial charge < -0.3 is 19.1 Å². The molecule has 0 aliphatic heterocycles. The molecule has 0 saturated carbocycles. The van der Waals surface area contributed by atoms with Crippen LogP contribution in [0.5, 0.6) is 0 Å². The minimum atomic E-state index is -0.510. The van der Waals surface area contributed by atoms with Gasteiger partial charge in [0.1, 0.15) is 25.1 Å². The Labute approximate surface area is 171 Å². The maximum atomic E-state index is 5.45. The first-order chi connectivity index (χ1) is 14.1. The predicted octanol–water partition coefficient (Wildman–Crippen LogP) is 3.51. The van der Waals surface area contributed by atoms with Crippen molar-refractivity contribution in [3.05, 3.63) is 59.2 Å². The fourth-order valence-electron chi connectivity index (χ4n) is 2.63. The summed E-state index contributed by atoms with van der Waals surface area (Å²) in [5.41, 5.74) is 4.59. The van der Waals surface area contributed by atoms with Crippen molar-refractivity contribution in [1.82, 2.24) is 9.97 Å². The number of methoxy groups -OCH3 is 2. The van der Waals surface area contributed by atoms with Crippen LogP contribution in [0.4, 0.5) is 0 Å². The molecule has 156 valence electrons. The van der Waals surface area contributed by atoms with Gasteiger partial charge in [-0.05, 0) is 51.0 Å². The van der Waals surface area contributed by atoms with Crippen molar-refractivity contribution in [2.45, 2.75) is 33.0 Å². The molecule has 2 heterocycles. The summed E-state index contributed by atoms with van der Waals surface area (Å²) in [4.78, 5) is 19.3. The number of aryl methyl sites for hydroxylation is 1. The molecule has 2 rings (SSSR count). The highest BCUT2D eigenvalue weighted by atomic mass is 16.7. The molecule has 0 unspecified atom stereocenters. The van der Waals surface area contributed by atoms with Crippen LogP contribution in [0.3, 0.4) is 0 Å². The van der Waals surface area contributed by atoms with Crippen LogP contribution in [0.25, 0.3) is 0 Å². The average Bonchev–Trinajstić information content (AvgIpc) is 2.75. The molecule has 0 N–H and O–H groups in total. The quantitative estimate of drug-likeness (QED) is 0.248. The summed E-state index contributed by atoms with van der Waals surface area (Å²) in [6, 6.07) is 11.4. The van der Waals surface area contributed by atoms with Crippen molar-refractivity contribution < 1.29 is 19.1 Å². The SMILES string of the molecule is CON=C(C)c1cccc(CCCON=C(C)c2cccc(C(OC)OC)n2)n1. The van der Waals surface area contributed by atoms with Gasteiger partial charge in [-0.15, -0.1) is 0 Å². The normalized spacial score (nSPS) is 12.3. The van der Waals surface area contributed by atoms with Gasteiger partial charge in [0.05, 0.1) is 17.1 Å². The molecule has 29 heavy (non-hydrogen) atoms. The largest absolute Gasteiger partial charge is 0.399 e. The van der Waals surface area contributed by atoms with Crippen molar-refractivity contribution in [2.75, 3.05) is 27.9 Å². The van der Waals surface area contributed by atoms with Gasteiger partial charge in [-0.1, -0.05) is 22.4 Å². The Morgan fingerprint density at radius 3 is 2.24 bits per heavy atom. The number of aromatic nitrogens is 2. The summed E-state index contributed by atoms with van der Waals surface area (Å²) in [6.45, 7) is 4.19. The molecule has 0 saturated heterocycles. The molecule has 2 aromatic rings. The summed E-state index contributed by atoms with van der Waals surface area (Å²) in [5.74, 6) is 0. The highest BCUT2D eigenvalue weighted by Gasteiger charge is 2.12. The zero-order valence-corrected chi connectivity index (χ0v) is 17.6. The highest BCUT2D eigenvalue weighted by Crippen LogP contribution is 2.15. The van der Waals surface area contributed by atoms with Gasteiger partial charge in [0.2, 0.25) is 6.29 Å². The minimum Gasteiger partial charge on any atom is -0.399 e. The topological polar surface area (TPSA) is 87.4 Å². The maximum absolute atomic E-state index is 5.45. The van der Waals surface area contributed by atoms with Crippen LogP contribution >= 0.6 is 0 Å². The molecule has 0 aliphatic rings. The second-order valence-electron chi connectivity index (χ2n) is 6.24. The smallest absolute Gasteiger partial charge is 0.200 e. The fourth-order valence-corrected chi connectivity index (χ4v) is 2.63. The van der Waals surface area contributed by atoms with Crippen LogP contribution in [0.1, 0.15) is 49.3 Å². The van der Waals surface area contributed by atoms with E-state index in [0.717, 1.165) is 29.9 Å². The van der Waals surface area contributed by atoms with E-state index in [1.165, 1.54) is 7.11 Å². The van der Waals surface area contributed by atoms with Crippen molar-refractivity contribution in [3.8, 4) is 0 Å². The highest BCUT2D eigenvalue weighted by molar-refractivity contribution is 5.96. The monoisotopic (exact) mass is 400 g/mol. The Morgan fingerprint density at radius 1 is 0.897 bits per heavy atom. The first-order valence-electron chi connectivity index (χ1n) is 9.32. The molecule has 8 heteroatoms. The fraction of sp³-hybridized carbons (Fsp3) is 0.429. The molecule has 2 aromatic heterocycles. The van der Waals surface area contributed by atoms with E-state index >= 15 is 0 Å². The van der Waals surface area contributed by atoms with Crippen LogP contribution in [0.15, 0.2) is 46.7 Å². The number of hydrogen-bond donors (Lipinski definition) is 0. The molecule has 0 radical (unpaired) electrons. The second-order valence-corrected chi connectivity index (χ2v) is 6.24. The van der Waals surface area contributed by atoms with E-state index in [0.29, 0.717) is 23.7 Å². The first-order valence-corrected chi connectivity index (χ1v) is 9.32. The second kappa shape index (κ2) is 11.9. The molecule has 0 spiro atoms. The Bertz CT molecular complexity index is 835. The lowest BCUT2D eigenvalue weighted by Gasteiger charge is -2.13. The lowest BCUT2D eigenvalue weighted by atomic mass is 10.2. The van der Waals surface area contributed by atoms with Crippen molar-refractivity contribution in [3.63, 3.8) is 0 Å². The standard InChI is InChI=1S/C21H28N4O4/c1-15(24-28-5)18-11-6-9-17(22-18)10-8-14-29-25-16(2)19-12-7-13-20(23-19)21(26-3)27-4/h6-7,9,11-13,21H,8,10,14H2,1-5H3. The summed E-state index contributed by atoms with van der Waals surface area (Å²) < 4.78 is 10.5. The van der Waals surface area contributed by atoms with E-state index in [9.17, 15) is 0 Å². The summed E-state index contributed by atoms with van der Waals surface area (Å²) in [6.07, 6.45) is 1.06. The number of oxime groups is 2. The van der Waals surface area contributed by atoms with Gasteiger partial charge in [-0.25, -0.2) is 4.98 Å². The van der Waals surface area contributed by atoms with Gasteiger partial charge in [0.25, 0.3) is 0 Å². The molecule has 0 atom stereocenters. The van der Waals surface area contributed by atoms with Crippen LogP contribution in [0.2, 0.25) is 0 Å². The van der Waals surface area contributed by atoms with Crippen LogP contribution in [0, 0.1) is 0 Å². The van der Waals surface area contributed by atoms with Gasteiger partial charge in [-0.2, -0.15) is 0 Å². The number of hydrogen-bond acceptors (Lipinski definition) is 8. The molecule has 0 aromatic carbocycles. The zero-order chi connectivity index (χ0) is 21.1. The Hall–Kier alpha value is -2.84. The molecular formula is C21H28N4O4. The molecule has 0 aliphatic carbocycles. The van der Waals surface area contributed by atoms with Gasteiger partial charge >= 0.3 is 0 Å². The lowest BCUT2D eigenvalue weighted by Crippen LogP contribution is -2.09. The number of rotatable bonds is 11. The van der Waals surface area contributed by atoms with Crippen molar-refractivity contribution in [2.24, 2.45) is 10.3 Å². The molecule has 8 nitrogen and oxygen atoms in total. The zero-order valence-electron chi connectivity index (χ0n) is 17.6. The van der Waals surface area contributed by atoms with E-state index in [4.69, 9.17) is 19.1 Å². The van der Waals surface area contributed by atoms with E-state index in [1.807, 2.05) is 50.2 Å².